The summed E-state index contributed by atoms with van der Waals surface area (Å²) in [5.41, 5.74) is -0.958. The summed E-state index contributed by atoms with van der Waals surface area (Å²) in [7, 11) is 0. The Morgan fingerprint density at radius 2 is 2.05 bits per heavy atom. The van der Waals surface area contributed by atoms with Gasteiger partial charge in [-0.2, -0.15) is 4.39 Å². The van der Waals surface area contributed by atoms with E-state index in [1.54, 1.807) is 0 Å². The van der Waals surface area contributed by atoms with Crippen molar-refractivity contribution in [2.75, 3.05) is 5.32 Å². The fourth-order valence-corrected chi connectivity index (χ4v) is 1.68. The molecule has 0 aliphatic carbocycles. The molecular weight excluding hydrogens is 284 g/mol. The monoisotopic (exact) mass is 293 g/mol. The first kappa shape index (κ1) is 14.5. The van der Waals surface area contributed by atoms with E-state index in [1.807, 2.05) is 0 Å². The molecule has 1 aromatic carbocycles. The number of hydrogen-bond acceptors (Lipinski definition) is 4. The smallest absolute Gasteiger partial charge is 0.270 e. The first-order chi connectivity index (χ1) is 9.88. The number of aryl methyl sites for hydroxylation is 1. The maximum Gasteiger partial charge on any atom is 0.270 e. The Bertz CT molecular complexity index is 735. The molecule has 0 aliphatic rings. The van der Waals surface area contributed by atoms with Gasteiger partial charge in [-0.3, -0.25) is 14.9 Å². The highest BCUT2D eigenvalue weighted by Gasteiger charge is 2.20. The van der Waals surface area contributed by atoms with Crippen LogP contribution < -0.4 is 5.32 Å². The zero-order valence-corrected chi connectivity index (χ0v) is 10.8. The third kappa shape index (κ3) is 3.16. The topological polar surface area (TPSA) is 85.1 Å². The van der Waals surface area contributed by atoms with Crippen LogP contribution in [-0.4, -0.2) is 15.8 Å². The van der Waals surface area contributed by atoms with Crippen LogP contribution in [0.4, 0.5) is 20.3 Å². The summed E-state index contributed by atoms with van der Waals surface area (Å²) in [4.78, 5) is 25.3. The molecule has 0 aliphatic heterocycles. The van der Waals surface area contributed by atoms with Crippen LogP contribution in [0.1, 0.15) is 15.9 Å². The summed E-state index contributed by atoms with van der Waals surface area (Å²) in [6.07, 6.45) is 0. The molecule has 0 bridgehead atoms. The summed E-state index contributed by atoms with van der Waals surface area (Å²) in [5, 5.41) is 12.9. The van der Waals surface area contributed by atoms with Crippen LogP contribution in [0.3, 0.4) is 0 Å². The Hall–Kier alpha value is -2.90. The summed E-state index contributed by atoms with van der Waals surface area (Å²) in [5.74, 6) is -2.76. The second kappa shape index (κ2) is 5.61. The average molecular weight is 293 g/mol. The number of hydrogen-bond donors (Lipinski definition) is 1. The molecule has 1 amide bonds. The van der Waals surface area contributed by atoms with E-state index in [0.29, 0.717) is 0 Å². The van der Waals surface area contributed by atoms with Crippen LogP contribution in [-0.2, 0) is 0 Å². The SMILES string of the molecule is Cc1cc([N+](=O)[O-])cc(C(=O)Nc2cccc(F)n2)c1F. The molecule has 1 aromatic heterocycles. The summed E-state index contributed by atoms with van der Waals surface area (Å²) in [6.45, 7) is 1.31. The van der Waals surface area contributed by atoms with Crippen molar-refractivity contribution in [3.63, 3.8) is 0 Å². The van der Waals surface area contributed by atoms with E-state index >= 15 is 0 Å². The lowest BCUT2D eigenvalue weighted by atomic mass is 10.1. The Morgan fingerprint density at radius 1 is 1.33 bits per heavy atom. The van der Waals surface area contributed by atoms with Gasteiger partial charge in [0.05, 0.1) is 10.5 Å². The molecule has 0 unspecified atom stereocenters. The number of nitrogens with one attached hydrogen (secondary N) is 1. The van der Waals surface area contributed by atoms with E-state index in [2.05, 4.69) is 10.3 Å². The van der Waals surface area contributed by atoms with E-state index in [0.717, 1.165) is 18.2 Å². The minimum Gasteiger partial charge on any atom is -0.306 e. The second-order valence-corrected chi connectivity index (χ2v) is 4.18. The van der Waals surface area contributed by atoms with Crippen molar-refractivity contribution >= 4 is 17.4 Å². The molecule has 0 saturated heterocycles. The van der Waals surface area contributed by atoms with E-state index in [-0.39, 0.29) is 11.4 Å². The Balaban J connectivity index is 2.37. The van der Waals surface area contributed by atoms with Gasteiger partial charge in [0.15, 0.2) is 0 Å². The van der Waals surface area contributed by atoms with Crippen molar-refractivity contribution in [2.24, 2.45) is 0 Å². The Kier molecular flexibility index (Phi) is 3.88. The van der Waals surface area contributed by atoms with Gasteiger partial charge in [-0.1, -0.05) is 6.07 Å². The molecule has 108 valence electrons. The van der Waals surface area contributed by atoms with Crippen LogP contribution in [0.2, 0.25) is 0 Å². The molecule has 8 heteroatoms. The quantitative estimate of drug-likeness (QED) is 0.535. The summed E-state index contributed by atoms with van der Waals surface area (Å²) < 4.78 is 26.8. The van der Waals surface area contributed by atoms with E-state index in [4.69, 9.17) is 0 Å². The number of non-ortho nitro benzene ring substituents is 1. The van der Waals surface area contributed by atoms with Crippen molar-refractivity contribution in [2.45, 2.75) is 6.92 Å². The van der Waals surface area contributed by atoms with Crippen molar-refractivity contribution in [1.82, 2.24) is 4.98 Å². The number of amides is 1. The van der Waals surface area contributed by atoms with Gasteiger partial charge in [-0.05, 0) is 24.6 Å². The summed E-state index contributed by atoms with van der Waals surface area (Å²) >= 11 is 0. The molecule has 6 nitrogen and oxygen atoms in total. The van der Waals surface area contributed by atoms with Gasteiger partial charge in [-0.25, -0.2) is 9.37 Å². The maximum absolute atomic E-state index is 13.9. The van der Waals surface area contributed by atoms with Crippen LogP contribution in [0.15, 0.2) is 30.3 Å². The number of benzene rings is 1. The molecule has 1 heterocycles. The van der Waals surface area contributed by atoms with Gasteiger partial charge in [0.1, 0.15) is 11.6 Å². The van der Waals surface area contributed by atoms with Gasteiger partial charge < -0.3 is 5.32 Å². The molecule has 2 rings (SSSR count). The van der Waals surface area contributed by atoms with Crippen molar-refractivity contribution < 1.29 is 18.5 Å². The second-order valence-electron chi connectivity index (χ2n) is 4.18. The minimum atomic E-state index is -0.947. The fourth-order valence-electron chi connectivity index (χ4n) is 1.68. The Labute approximate surface area is 117 Å². The van der Waals surface area contributed by atoms with Crippen molar-refractivity contribution in [3.8, 4) is 0 Å². The normalized spacial score (nSPS) is 10.2. The molecular formula is C13H9F2N3O3. The van der Waals surface area contributed by atoms with Crippen LogP contribution in [0.25, 0.3) is 0 Å². The predicted octanol–water partition coefficient (Wildman–Crippen LogP) is 2.83. The fraction of sp³-hybridized carbons (Fsp3) is 0.0769. The van der Waals surface area contributed by atoms with Gasteiger partial charge in [0.2, 0.25) is 5.95 Å². The van der Waals surface area contributed by atoms with Gasteiger partial charge in [-0.15, -0.1) is 0 Å². The number of nitro benzene ring substituents is 1. The van der Waals surface area contributed by atoms with Gasteiger partial charge in [0, 0.05) is 12.1 Å². The number of nitro groups is 1. The third-order valence-corrected chi connectivity index (χ3v) is 2.65. The number of carbonyl (C=O) groups is 1. The first-order valence-corrected chi connectivity index (χ1v) is 5.77. The maximum atomic E-state index is 13.9. The lowest BCUT2D eigenvalue weighted by molar-refractivity contribution is -0.385. The number of aromatic nitrogens is 1. The summed E-state index contributed by atoms with van der Waals surface area (Å²) in [6, 6.07) is 5.54. The lowest BCUT2D eigenvalue weighted by Crippen LogP contribution is -2.16. The van der Waals surface area contributed by atoms with E-state index in [1.165, 1.54) is 19.1 Å². The molecule has 0 saturated carbocycles. The highest BCUT2D eigenvalue weighted by Crippen LogP contribution is 2.21. The number of halogens is 2. The highest BCUT2D eigenvalue weighted by atomic mass is 19.1. The van der Waals surface area contributed by atoms with Crippen molar-refractivity contribution in [1.29, 1.82) is 0 Å². The number of anilines is 1. The van der Waals surface area contributed by atoms with Crippen molar-refractivity contribution in [3.05, 3.63) is 63.3 Å². The molecule has 0 atom stereocenters. The van der Waals surface area contributed by atoms with Crippen LogP contribution >= 0.6 is 0 Å². The zero-order valence-electron chi connectivity index (χ0n) is 10.8. The molecule has 0 spiro atoms. The molecule has 0 fully saturated rings. The molecule has 21 heavy (non-hydrogen) atoms. The number of pyridine rings is 1. The van der Waals surface area contributed by atoms with Crippen LogP contribution in [0, 0.1) is 28.8 Å². The standard InChI is InChI=1S/C13H9F2N3O3/c1-7-5-8(18(20)21)6-9(12(7)15)13(19)17-11-4-2-3-10(14)16-11/h2-6H,1H3,(H,16,17,19). The number of carbonyl (C=O) groups excluding carboxylic acids is 1. The lowest BCUT2D eigenvalue weighted by Gasteiger charge is -2.07. The van der Waals surface area contributed by atoms with E-state index in [9.17, 15) is 23.7 Å². The largest absolute Gasteiger partial charge is 0.306 e. The average Bonchev–Trinajstić information content (AvgIpc) is 2.41. The van der Waals surface area contributed by atoms with Gasteiger partial charge >= 0.3 is 0 Å². The highest BCUT2D eigenvalue weighted by molar-refractivity contribution is 6.04. The Morgan fingerprint density at radius 3 is 2.67 bits per heavy atom. The third-order valence-electron chi connectivity index (χ3n) is 2.65. The predicted molar refractivity (Wildman–Crippen MR) is 69.9 cm³/mol. The molecule has 0 radical (unpaired) electrons. The molecule has 1 N–H and O–H groups in total. The molecule has 2 aromatic rings. The van der Waals surface area contributed by atoms with E-state index < -0.39 is 33.8 Å². The first-order valence-electron chi connectivity index (χ1n) is 5.77. The number of rotatable bonds is 3. The van der Waals surface area contributed by atoms with Crippen LogP contribution in [0.5, 0.6) is 0 Å². The van der Waals surface area contributed by atoms with Gasteiger partial charge in [0.25, 0.3) is 11.6 Å². The number of nitrogens with zero attached hydrogens (tertiary/aromatic N) is 2. The zero-order chi connectivity index (χ0) is 15.6. The minimum absolute atomic E-state index is 0.0402.